The number of hydrogen-bond acceptors (Lipinski definition) is 1. The summed E-state index contributed by atoms with van der Waals surface area (Å²) in [7, 11) is 0. The van der Waals surface area contributed by atoms with Crippen molar-refractivity contribution in [2.24, 2.45) is 0 Å². The van der Waals surface area contributed by atoms with Crippen molar-refractivity contribution in [1.82, 2.24) is 9.13 Å². The van der Waals surface area contributed by atoms with Crippen molar-refractivity contribution in [1.29, 1.82) is 5.26 Å². The molecule has 0 saturated heterocycles. The van der Waals surface area contributed by atoms with Crippen LogP contribution in [0.2, 0.25) is 0 Å². The van der Waals surface area contributed by atoms with Gasteiger partial charge in [-0.25, -0.2) is 8.78 Å². The largest absolute Gasteiger partial charge is 0.308 e. The van der Waals surface area contributed by atoms with Crippen LogP contribution in [0.25, 0.3) is 66.1 Å². The average Bonchev–Trinajstić information content (AvgIpc) is 3.58. The van der Waals surface area contributed by atoms with Crippen molar-refractivity contribution in [2.45, 2.75) is 52.4 Å². The lowest BCUT2D eigenvalue weighted by atomic mass is 9.86. The van der Waals surface area contributed by atoms with Crippen molar-refractivity contribution in [3.05, 3.63) is 144 Å². The third kappa shape index (κ3) is 4.90. The summed E-state index contributed by atoms with van der Waals surface area (Å²) in [5, 5.41) is 15.5. The number of nitriles is 1. The zero-order valence-corrected chi connectivity index (χ0v) is 29.1. The number of hydrogen-bond donors (Lipinski definition) is 0. The minimum Gasteiger partial charge on any atom is -0.308 e. The van der Waals surface area contributed by atoms with Crippen LogP contribution in [0, 0.1) is 23.0 Å². The van der Waals surface area contributed by atoms with Crippen LogP contribution < -0.4 is 0 Å². The van der Waals surface area contributed by atoms with E-state index in [9.17, 15) is 14.0 Å². The molecule has 0 aliphatic heterocycles. The number of benzene rings is 6. The first-order valence-electron chi connectivity index (χ1n) is 17.0. The van der Waals surface area contributed by atoms with Gasteiger partial charge < -0.3 is 9.13 Å². The molecule has 5 heteroatoms. The highest BCUT2D eigenvalue weighted by Gasteiger charge is 2.26. The highest BCUT2D eigenvalue weighted by atomic mass is 19.1. The van der Waals surface area contributed by atoms with Gasteiger partial charge in [0.05, 0.1) is 33.4 Å². The van der Waals surface area contributed by atoms with Crippen LogP contribution in [0.4, 0.5) is 8.78 Å². The molecule has 8 aromatic rings. The molecule has 0 fully saturated rings. The van der Waals surface area contributed by atoms with E-state index in [-0.39, 0.29) is 10.8 Å². The Morgan fingerprint density at radius 1 is 0.520 bits per heavy atom. The van der Waals surface area contributed by atoms with Gasteiger partial charge in [0.1, 0.15) is 23.3 Å². The van der Waals surface area contributed by atoms with E-state index in [0.29, 0.717) is 28.1 Å². The summed E-state index contributed by atoms with van der Waals surface area (Å²) in [4.78, 5) is 0. The predicted molar refractivity (Wildman–Crippen MR) is 203 cm³/mol. The van der Waals surface area contributed by atoms with Gasteiger partial charge in [-0.05, 0) is 82.1 Å². The van der Waals surface area contributed by atoms with Crippen LogP contribution in [0.5, 0.6) is 0 Å². The molecule has 0 aliphatic carbocycles. The van der Waals surface area contributed by atoms with E-state index in [4.69, 9.17) is 0 Å². The molecular weight excluding hydrogens is 621 g/mol. The lowest BCUT2D eigenvalue weighted by Crippen LogP contribution is -2.11. The molecular formula is C45H37F2N3. The maximum atomic E-state index is 14.9. The van der Waals surface area contributed by atoms with E-state index in [1.54, 1.807) is 0 Å². The topological polar surface area (TPSA) is 33.6 Å². The Labute approximate surface area is 290 Å². The molecule has 0 amide bonds. The van der Waals surface area contributed by atoms with Crippen molar-refractivity contribution in [2.75, 3.05) is 0 Å². The van der Waals surface area contributed by atoms with Gasteiger partial charge in [-0.3, -0.25) is 0 Å². The van der Waals surface area contributed by atoms with Crippen molar-refractivity contribution in [3.63, 3.8) is 0 Å². The molecule has 0 aliphatic rings. The number of fused-ring (bicyclic) bond motifs is 6. The smallest absolute Gasteiger partial charge is 0.126 e. The molecule has 246 valence electrons. The third-order valence-electron chi connectivity index (χ3n) is 9.98. The molecule has 0 unspecified atom stereocenters. The second-order valence-corrected chi connectivity index (χ2v) is 15.3. The fraction of sp³-hybridized carbons (Fsp3) is 0.178. The Kier molecular flexibility index (Phi) is 7.03. The molecule has 8 rings (SSSR count). The van der Waals surface area contributed by atoms with Crippen LogP contribution in [-0.2, 0) is 10.8 Å². The van der Waals surface area contributed by atoms with E-state index in [1.165, 1.54) is 23.3 Å². The molecule has 6 aromatic carbocycles. The highest BCUT2D eigenvalue weighted by molar-refractivity contribution is 6.12. The number of aromatic nitrogens is 2. The highest BCUT2D eigenvalue weighted by Crippen LogP contribution is 2.43. The van der Waals surface area contributed by atoms with Gasteiger partial charge in [0.15, 0.2) is 0 Å². The van der Waals surface area contributed by atoms with E-state index in [2.05, 4.69) is 111 Å². The van der Waals surface area contributed by atoms with E-state index >= 15 is 0 Å². The first-order chi connectivity index (χ1) is 23.8. The SMILES string of the molecule is CC(C)(C)c1ccc2c(c1)c1ccccc1n2-c1ccc(-c2cc(F)cc(F)c2)c(-n2c3ccccc3c3cc(C(C)(C)C)ccc32)c1C#N. The first-order valence-corrected chi connectivity index (χ1v) is 17.0. The predicted octanol–water partition coefficient (Wildman–Crippen LogP) is 12.3. The fourth-order valence-electron chi connectivity index (χ4n) is 7.43. The normalized spacial score (nSPS) is 12.4. The van der Waals surface area contributed by atoms with Crippen LogP contribution >= 0.6 is 0 Å². The molecule has 2 heterocycles. The van der Waals surface area contributed by atoms with Crippen molar-refractivity contribution in [3.8, 4) is 28.6 Å². The Morgan fingerprint density at radius 2 is 1.00 bits per heavy atom. The molecule has 0 radical (unpaired) electrons. The molecule has 0 spiro atoms. The van der Waals surface area contributed by atoms with Gasteiger partial charge in [0.2, 0.25) is 0 Å². The summed E-state index contributed by atoms with van der Waals surface area (Å²) < 4.78 is 34.0. The summed E-state index contributed by atoms with van der Waals surface area (Å²) in [5.41, 5.74) is 8.61. The monoisotopic (exact) mass is 657 g/mol. The van der Waals surface area contributed by atoms with E-state index < -0.39 is 11.6 Å². The number of nitrogens with zero attached hydrogens (tertiary/aromatic N) is 3. The number of rotatable bonds is 3. The molecule has 2 aromatic heterocycles. The zero-order chi connectivity index (χ0) is 35.1. The summed E-state index contributed by atoms with van der Waals surface area (Å²) in [6.07, 6.45) is 0. The molecule has 0 bridgehead atoms. The molecule has 0 N–H and O–H groups in total. The minimum absolute atomic E-state index is 0.0480. The Morgan fingerprint density at radius 3 is 1.52 bits per heavy atom. The minimum atomic E-state index is -0.678. The maximum Gasteiger partial charge on any atom is 0.126 e. The molecule has 0 saturated carbocycles. The zero-order valence-electron chi connectivity index (χ0n) is 29.1. The van der Waals surface area contributed by atoms with Gasteiger partial charge in [-0.2, -0.15) is 5.26 Å². The van der Waals surface area contributed by atoms with E-state index in [0.717, 1.165) is 49.7 Å². The fourth-order valence-corrected chi connectivity index (χ4v) is 7.43. The second-order valence-electron chi connectivity index (χ2n) is 15.3. The van der Waals surface area contributed by atoms with Crippen molar-refractivity contribution >= 4 is 43.6 Å². The lowest BCUT2D eigenvalue weighted by molar-refractivity contribution is 0.584. The molecule has 3 nitrogen and oxygen atoms in total. The standard InChI is InChI=1S/C45H37F2N3/c1-44(2,3)28-15-18-40-35(23-28)33-11-7-9-13-38(33)49(40)42-20-17-32(27-21-30(46)25-31(47)22-27)43(37(42)26-48)50-39-14-10-8-12-34(39)36-24-29(45(4,5)6)16-19-41(36)50/h7-25H,1-6H3. The molecule has 0 atom stereocenters. The van der Waals surface area contributed by atoms with Crippen LogP contribution in [0.15, 0.2) is 115 Å². The number of halogens is 2. The summed E-state index contributed by atoms with van der Waals surface area (Å²) in [5.74, 6) is -1.36. The lowest BCUT2D eigenvalue weighted by Gasteiger charge is -2.21. The van der Waals surface area contributed by atoms with Crippen LogP contribution in [0.1, 0.15) is 58.2 Å². The summed E-state index contributed by atoms with van der Waals surface area (Å²) in [6.45, 7) is 13.2. The Balaban J connectivity index is 1.54. The van der Waals surface area contributed by atoms with Crippen molar-refractivity contribution < 1.29 is 8.78 Å². The second kappa shape index (κ2) is 11.1. The van der Waals surface area contributed by atoms with Gasteiger partial charge >= 0.3 is 0 Å². The summed E-state index contributed by atoms with van der Waals surface area (Å²) in [6, 6.07) is 39.4. The van der Waals surface area contributed by atoms with E-state index in [1.807, 2.05) is 42.5 Å². The maximum absolute atomic E-state index is 14.9. The Hall–Kier alpha value is -5.73. The van der Waals surface area contributed by atoms with Gasteiger partial charge in [0, 0.05) is 33.2 Å². The quantitative estimate of drug-likeness (QED) is 0.186. The third-order valence-corrected chi connectivity index (χ3v) is 9.98. The van der Waals surface area contributed by atoms with Gasteiger partial charge in [0.25, 0.3) is 0 Å². The van der Waals surface area contributed by atoms with Gasteiger partial charge in [-0.15, -0.1) is 0 Å². The van der Waals surface area contributed by atoms with Gasteiger partial charge in [-0.1, -0.05) is 96.1 Å². The number of para-hydroxylation sites is 2. The first kappa shape index (κ1) is 31.5. The molecule has 50 heavy (non-hydrogen) atoms. The average molecular weight is 658 g/mol. The van der Waals surface area contributed by atoms with Crippen LogP contribution in [-0.4, -0.2) is 9.13 Å². The van der Waals surface area contributed by atoms with Crippen LogP contribution in [0.3, 0.4) is 0 Å². The summed E-state index contributed by atoms with van der Waals surface area (Å²) >= 11 is 0. The Bertz CT molecular complexity index is 2690.